The molecular weight excluding hydrogens is 390 g/mol. The van der Waals surface area contributed by atoms with Gasteiger partial charge in [-0.15, -0.1) is 0 Å². The number of halogens is 1. The van der Waals surface area contributed by atoms with Crippen LogP contribution in [0.4, 0.5) is 5.69 Å². The van der Waals surface area contributed by atoms with Crippen LogP contribution in [-0.4, -0.2) is 21.6 Å². The lowest BCUT2D eigenvalue weighted by Crippen LogP contribution is -2.34. The molecule has 1 N–H and O–H groups in total. The van der Waals surface area contributed by atoms with E-state index >= 15 is 0 Å². The Kier molecular flexibility index (Phi) is 7.23. The van der Waals surface area contributed by atoms with E-state index in [4.69, 9.17) is 28.6 Å². The molecule has 0 aliphatic heterocycles. The predicted molar refractivity (Wildman–Crippen MR) is 119 cm³/mol. The van der Waals surface area contributed by atoms with E-state index in [9.17, 15) is 0 Å². The molecule has 0 spiro atoms. The van der Waals surface area contributed by atoms with E-state index in [1.54, 1.807) is 6.20 Å². The van der Waals surface area contributed by atoms with Crippen LogP contribution >= 0.6 is 23.8 Å². The molecule has 0 bridgehead atoms. The molecule has 0 saturated carbocycles. The fraction of sp³-hybridized carbons (Fsp3) is 0.182. The Hall–Kier alpha value is -2.63. The first-order valence-electron chi connectivity index (χ1n) is 9.07. The van der Waals surface area contributed by atoms with E-state index in [2.05, 4.69) is 21.3 Å². The number of nitrogens with one attached hydrogen (secondary N) is 1. The number of rotatable bonds is 7. The minimum atomic E-state index is 0.596. The number of hydrogen-bond donors (Lipinski definition) is 1. The molecule has 0 radical (unpaired) electrons. The molecule has 0 amide bonds. The quantitative estimate of drug-likeness (QED) is 0.517. The number of thiocarbonyl (C=S) groups is 1. The van der Waals surface area contributed by atoms with Crippen LogP contribution in [-0.2, 0) is 13.1 Å². The second-order valence-electron chi connectivity index (χ2n) is 6.21. The summed E-state index contributed by atoms with van der Waals surface area (Å²) in [5.41, 5.74) is 2.97. The number of nitrogens with zero attached hydrogens (tertiary/aromatic N) is 2. The number of hydrogen-bond acceptors (Lipinski definition) is 3. The van der Waals surface area contributed by atoms with Crippen molar-refractivity contribution in [3.63, 3.8) is 0 Å². The largest absolute Gasteiger partial charge is 0.494 e. The lowest BCUT2D eigenvalue weighted by molar-refractivity contribution is 0.338. The molecule has 2 aromatic carbocycles. The van der Waals surface area contributed by atoms with Gasteiger partial charge in [-0.25, -0.2) is 0 Å². The zero-order valence-electron chi connectivity index (χ0n) is 15.6. The van der Waals surface area contributed by atoms with Crippen LogP contribution in [0, 0.1) is 0 Å². The summed E-state index contributed by atoms with van der Waals surface area (Å²) < 4.78 is 5.62. The zero-order valence-corrected chi connectivity index (χ0v) is 17.2. The molecule has 0 saturated heterocycles. The number of anilines is 1. The van der Waals surface area contributed by atoms with Gasteiger partial charge in [-0.3, -0.25) is 4.98 Å². The van der Waals surface area contributed by atoms with Crippen molar-refractivity contribution in [2.75, 3.05) is 11.9 Å². The highest BCUT2D eigenvalue weighted by Gasteiger charge is 2.13. The number of pyridine rings is 1. The van der Waals surface area contributed by atoms with Gasteiger partial charge in [-0.05, 0) is 60.6 Å². The third-order valence-electron chi connectivity index (χ3n) is 4.08. The Morgan fingerprint density at radius 1 is 1.07 bits per heavy atom. The monoisotopic (exact) mass is 411 g/mol. The van der Waals surface area contributed by atoms with Crippen LogP contribution in [0.5, 0.6) is 5.75 Å². The van der Waals surface area contributed by atoms with Crippen LogP contribution in [0.15, 0.2) is 73.1 Å². The molecule has 28 heavy (non-hydrogen) atoms. The van der Waals surface area contributed by atoms with Gasteiger partial charge in [-0.2, -0.15) is 0 Å². The molecule has 144 valence electrons. The highest BCUT2D eigenvalue weighted by molar-refractivity contribution is 7.80. The fourth-order valence-corrected chi connectivity index (χ4v) is 3.21. The molecule has 3 aromatic rings. The van der Waals surface area contributed by atoms with Gasteiger partial charge < -0.3 is 15.0 Å². The first-order valence-corrected chi connectivity index (χ1v) is 9.85. The van der Waals surface area contributed by atoms with Crippen LogP contribution in [0.25, 0.3) is 0 Å². The van der Waals surface area contributed by atoms with Gasteiger partial charge in [0.1, 0.15) is 5.75 Å². The van der Waals surface area contributed by atoms with Crippen molar-refractivity contribution in [2.45, 2.75) is 20.0 Å². The van der Waals surface area contributed by atoms with E-state index in [0.29, 0.717) is 29.8 Å². The van der Waals surface area contributed by atoms with Crippen LogP contribution in [0.3, 0.4) is 0 Å². The summed E-state index contributed by atoms with van der Waals surface area (Å²) in [5, 5.41) is 4.49. The van der Waals surface area contributed by atoms with Crippen molar-refractivity contribution in [1.82, 2.24) is 9.88 Å². The topological polar surface area (TPSA) is 37.4 Å². The molecule has 4 nitrogen and oxygen atoms in total. The number of para-hydroxylation sites is 1. The van der Waals surface area contributed by atoms with E-state index in [1.165, 1.54) is 0 Å². The van der Waals surface area contributed by atoms with Crippen LogP contribution in [0.1, 0.15) is 18.1 Å². The van der Waals surface area contributed by atoms with Crippen molar-refractivity contribution in [3.8, 4) is 5.75 Å². The SMILES string of the molecule is CCOc1cccc(CN(Cc2cccnc2)C(=S)Nc2ccccc2Cl)c1. The van der Waals surface area contributed by atoms with Gasteiger partial charge in [0, 0.05) is 25.5 Å². The second kappa shape index (κ2) is 10.1. The Morgan fingerprint density at radius 3 is 2.61 bits per heavy atom. The standard InChI is InChI=1S/C22H22ClN3OS/c1-2-27-19-9-5-7-17(13-19)15-26(16-18-8-6-12-24-14-18)22(28)25-21-11-4-3-10-20(21)23/h3-14H,2,15-16H2,1H3,(H,25,28). The third kappa shape index (κ3) is 5.68. The Morgan fingerprint density at radius 2 is 1.86 bits per heavy atom. The summed E-state index contributed by atoms with van der Waals surface area (Å²) in [5.74, 6) is 0.853. The summed E-state index contributed by atoms with van der Waals surface area (Å²) in [4.78, 5) is 6.29. The predicted octanol–water partition coefficient (Wildman–Crippen LogP) is 5.53. The van der Waals surface area contributed by atoms with Gasteiger partial charge in [0.2, 0.25) is 0 Å². The lowest BCUT2D eigenvalue weighted by Gasteiger charge is -2.26. The van der Waals surface area contributed by atoms with Crippen molar-refractivity contribution >= 4 is 34.6 Å². The van der Waals surface area contributed by atoms with Crippen LogP contribution < -0.4 is 10.1 Å². The molecule has 0 atom stereocenters. The molecule has 1 heterocycles. The summed E-state index contributed by atoms with van der Waals surface area (Å²) in [6.45, 7) is 3.87. The van der Waals surface area contributed by atoms with E-state index in [1.807, 2.05) is 67.7 Å². The van der Waals surface area contributed by atoms with Gasteiger partial charge >= 0.3 is 0 Å². The Labute approximate surface area is 176 Å². The average Bonchev–Trinajstić information content (AvgIpc) is 2.70. The molecule has 0 aliphatic rings. The summed E-state index contributed by atoms with van der Waals surface area (Å²) in [6, 6.07) is 19.6. The second-order valence-corrected chi connectivity index (χ2v) is 7.00. The maximum absolute atomic E-state index is 6.28. The van der Waals surface area contributed by atoms with E-state index in [0.717, 1.165) is 22.6 Å². The molecular formula is C22H22ClN3OS. The molecule has 3 rings (SSSR count). The van der Waals surface area contributed by atoms with Crippen molar-refractivity contribution in [1.29, 1.82) is 0 Å². The Balaban J connectivity index is 1.81. The highest BCUT2D eigenvalue weighted by atomic mass is 35.5. The van der Waals surface area contributed by atoms with E-state index < -0.39 is 0 Å². The molecule has 6 heteroatoms. The fourth-order valence-electron chi connectivity index (χ4n) is 2.79. The maximum Gasteiger partial charge on any atom is 0.174 e. The first kappa shape index (κ1) is 20.1. The van der Waals surface area contributed by atoms with E-state index in [-0.39, 0.29) is 0 Å². The molecule has 0 fully saturated rings. The highest BCUT2D eigenvalue weighted by Crippen LogP contribution is 2.22. The van der Waals surface area contributed by atoms with Gasteiger partial charge in [-0.1, -0.05) is 41.9 Å². The number of benzene rings is 2. The smallest absolute Gasteiger partial charge is 0.174 e. The van der Waals surface area contributed by atoms with Crippen LogP contribution in [0.2, 0.25) is 5.02 Å². The maximum atomic E-state index is 6.28. The number of aromatic nitrogens is 1. The first-order chi connectivity index (χ1) is 13.7. The van der Waals surface area contributed by atoms with Crippen molar-refractivity contribution < 1.29 is 4.74 Å². The lowest BCUT2D eigenvalue weighted by atomic mass is 10.2. The average molecular weight is 412 g/mol. The summed E-state index contributed by atoms with van der Waals surface area (Å²) in [7, 11) is 0. The molecule has 0 unspecified atom stereocenters. The number of ether oxygens (including phenoxy) is 1. The third-order valence-corrected chi connectivity index (χ3v) is 4.77. The molecule has 1 aromatic heterocycles. The zero-order chi connectivity index (χ0) is 19.8. The minimum absolute atomic E-state index is 0.596. The van der Waals surface area contributed by atoms with Crippen molar-refractivity contribution in [2.24, 2.45) is 0 Å². The summed E-state index contributed by atoms with van der Waals surface area (Å²) in [6.07, 6.45) is 3.61. The normalized spacial score (nSPS) is 10.4. The Bertz CT molecular complexity index is 920. The molecule has 0 aliphatic carbocycles. The summed E-state index contributed by atoms with van der Waals surface area (Å²) >= 11 is 12.0. The van der Waals surface area contributed by atoms with Gasteiger partial charge in [0.25, 0.3) is 0 Å². The van der Waals surface area contributed by atoms with Gasteiger partial charge in [0.15, 0.2) is 5.11 Å². The minimum Gasteiger partial charge on any atom is -0.494 e. The van der Waals surface area contributed by atoms with Gasteiger partial charge in [0.05, 0.1) is 17.3 Å². The van der Waals surface area contributed by atoms with Crippen molar-refractivity contribution in [3.05, 3.63) is 89.2 Å².